The summed E-state index contributed by atoms with van der Waals surface area (Å²) < 4.78 is 6.88. The van der Waals surface area contributed by atoms with E-state index in [1.807, 2.05) is 6.07 Å². The Labute approximate surface area is 455 Å². The van der Waals surface area contributed by atoms with E-state index in [0.717, 1.165) is 89.7 Å². The number of rotatable bonds is 9. The Morgan fingerprint density at radius 1 is 0.359 bits per heavy atom. The van der Waals surface area contributed by atoms with Gasteiger partial charge in [-0.15, -0.1) is 0 Å². The van der Waals surface area contributed by atoms with E-state index >= 15 is 0 Å². The van der Waals surface area contributed by atoms with Crippen molar-refractivity contribution < 1.29 is 4.42 Å². The molecule has 4 nitrogen and oxygen atoms in total. The van der Waals surface area contributed by atoms with Gasteiger partial charge in [0.1, 0.15) is 5.58 Å². The van der Waals surface area contributed by atoms with E-state index in [9.17, 15) is 0 Å². The largest absolute Gasteiger partial charge is 0.454 e. The predicted octanol–water partition coefficient (Wildman–Crippen LogP) is 18.7. The Kier molecular flexibility index (Phi) is 10.8. The van der Waals surface area contributed by atoms with E-state index in [1.54, 1.807) is 0 Å². The number of fused-ring (bicyclic) bond motifs is 7. The normalized spacial score (nSPS) is 12.3. The Balaban J connectivity index is 1.02. The van der Waals surface area contributed by atoms with Crippen molar-refractivity contribution in [1.82, 2.24) is 0 Å². The number of hydrogen-bond donors (Lipinski definition) is 0. The van der Waals surface area contributed by atoms with Crippen molar-refractivity contribution in [1.29, 1.82) is 0 Å². The van der Waals surface area contributed by atoms with Crippen LogP contribution in [0.3, 0.4) is 0 Å². The van der Waals surface area contributed by atoms with Crippen LogP contribution in [0.5, 0.6) is 0 Å². The van der Waals surface area contributed by atoms with E-state index in [-0.39, 0.29) is 6.85 Å². The summed E-state index contributed by atoms with van der Waals surface area (Å²) in [6.45, 7) is 2.05. The number of nitrogens with zero attached hydrogens (tertiary/aromatic N) is 3. The number of furan rings is 1. The molecule has 0 saturated heterocycles. The first-order valence-corrected chi connectivity index (χ1v) is 26.8. The Hall–Kier alpha value is -10.1. The average Bonchev–Trinajstić information content (AvgIpc) is 3.60. The molecule has 0 unspecified atom stereocenters. The second-order valence-electron chi connectivity index (χ2n) is 20.5. The Bertz CT molecular complexity index is 4390. The van der Waals surface area contributed by atoms with Crippen LogP contribution in [0.15, 0.2) is 290 Å². The molecule has 0 N–H and O–H groups in total. The van der Waals surface area contributed by atoms with Gasteiger partial charge in [-0.25, -0.2) is 0 Å². The fourth-order valence-corrected chi connectivity index (χ4v) is 12.3. The highest BCUT2D eigenvalue weighted by Gasteiger charge is 2.46. The Morgan fingerprint density at radius 2 is 0.897 bits per heavy atom. The van der Waals surface area contributed by atoms with Crippen molar-refractivity contribution in [2.45, 2.75) is 6.92 Å². The van der Waals surface area contributed by atoms with Gasteiger partial charge in [-0.05, 0) is 152 Å². The number of benzene rings is 12. The Morgan fingerprint density at radius 3 is 1.58 bits per heavy atom. The number of aryl methyl sites for hydroxylation is 1. The fourth-order valence-electron chi connectivity index (χ4n) is 12.3. The third-order valence-corrected chi connectivity index (χ3v) is 16.0. The molecule has 0 amide bonds. The zero-order chi connectivity index (χ0) is 51.7. The quantitative estimate of drug-likeness (QED) is 0.134. The maximum atomic E-state index is 6.88. The summed E-state index contributed by atoms with van der Waals surface area (Å²) in [7, 11) is 0. The van der Waals surface area contributed by atoms with Crippen molar-refractivity contribution in [3.63, 3.8) is 0 Å². The predicted molar refractivity (Wildman–Crippen MR) is 329 cm³/mol. The molecule has 366 valence electrons. The molecule has 12 aromatic carbocycles. The molecule has 0 bridgehead atoms. The van der Waals surface area contributed by atoms with Gasteiger partial charge >= 0.3 is 6.85 Å². The van der Waals surface area contributed by atoms with E-state index in [0.29, 0.717) is 0 Å². The zero-order valence-electron chi connectivity index (χ0n) is 43.0. The third kappa shape index (κ3) is 7.54. The maximum absolute atomic E-state index is 6.88. The maximum Gasteiger partial charge on any atom is 0.333 e. The van der Waals surface area contributed by atoms with Crippen LogP contribution in [-0.4, -0.2) is 6.85 Å². The average molecular weight is 996 g/mol. The van der Waals surface area contributed by atoms with E-state index < -0.39 is 0 Å². The van der Waals surface area contributed by atoms with Gasteiger partial charge in [0.05, 0.1) is 5.69 Å². The molecule has 0 fully saturated rings. The minimum Gasteiger partial charge on any atom is -0.454 e. The van der Waals surface area contributed by atoms with Gasteiger partial charge in [0.2, 0.25) is 0 Å². The second kappa shape index (κ2) is 18.6. The molecule has 0 atom stereocenters. The van der Waals surface area contributed by atoms with E-state index in [4.69, 9.17) is 4.42 Å². The molecule has 0 saturated carbocycles. The first-order valence-electron chi connectivity index (χ1n) is 26.8. The third-order valence-electron chi connectivity index (χ3n) is 16.0. The van der Waals surface area contributed by atoms with Gasteiger partial charge in [-0.3, -0.25) is 0 Å². The van der Waals surface area contributed by atoms with Crippen molar-refractivity contribution in [3.8, 4) is 55.6 Å². The van der Waals surface area contributed by atoms with Crippen LogP contribution in [0, 0.1) is 6.92 Å². The van der Waals surface area contributed by atoms with E-state index in [1.165, 1.54) is 49.9 Å². The molecule has 0 spiro atoms. The van der Waals surface area contributed by atoms with Gasteiger partial charge in [-0.1, -0.05) is 206 Å². The van der Waals surface area contributed by atoms with Gasteiger partial charge in [-0.2, -0.15) is 0 Å². The van der Waals surface area contributed by atoms with Gasteiger partial charge < -0.3 is 19.0 Å². The molecular formula is C73H50BN3O. The number of hydrogen-bond acceptors (Lipinski definition) is 4. The number of para-hydroxylation sites is 3. The van der Waals surface area contributed by atoms with Crippen molar-refractivity contribution in [2.24, 2.45) is 0 Å². The van der Waals surface area contributed by atoms with Crippen molar-refractivity contribution >= 4 is 85.2 Å². The lowest BCUT2D eigenvalue weighted by Gasteiger charge is -2.46. The SMILES string of the molecule is Cc1ccccc1N1c2cc(-c3ccccc3)ccc2B2c3c(cc(-c4ccccc4)cc31)-c1cc(N(c3ccc(-c4ccccc4)cc3)c3cccc4c3oc3ccccc34)ccc1N2c1ccc(-c2ccccc2)cc1. The lowest BCUT2D eigenvalue weighted by molar-refractivity contribution is 0.669. The smallest absolute Gasteiger partial charge is 0.333 e. The molecule has 1 aromatic heterocycles. The highest BCUT2D eigenvalue weighted by Crippen LogP contribution is 2.52. The summed E-state index contributed by atoms with van der Waals surface area (Å²) in [5, 5.41) is 2.17. The molecule has 2 aliphatic rings. The summed E-state index contributed by atoms with van der Waals surface area (Å²) in [5.74, 6) is 0. The number of anilines is 8. The molecule has 3 heterocycles. The summed E-state index contributed by atoms with van der Waals surface area (Å²) in [4.78, 5) is 7.54. The van der Waals surface area contributed by atoms with Gasteiger partial charge in [0.25, 0.3) is 0 Å². The summed E-state index contributed by atoms with van der Waals surface area (Å²) in [6.07, 6.45) is 0. The fraction of sp³-hybridized carbons (Fsp3) is 0.0137. The summed E-state index contributed by atoms with van der Waals surface area (Å²) in [5.41, 5.74) is 25.8. The molecule has 13 aromatic rings. The van der Waals surface area contributed by atoms with Gasteiger partial charge in [0.15, 0.2) is 5.58 Å². The highest BCUT2D eigenvalue weighted by atomic mass is 16.3. The second-order valence-corrected chi connectivity index (χ2v) is 20.5. The molecular weight excluding hydrogens is 946 g/mol. The first-order chi connectivity index (χ1) is 38.6. The molecule has 0 radical (unpaired) electrons. The van der Waals surface area contributed by atoms with Crippen LogP contribution >= 0.6 is 0 Å². The van der Waals surface area contributed by atoms with Crippen LogP contribution in [0.1, 0.15) is 5.56 Å². The van der Waals surface area contributed by atoms with Gasteiger partial charge in [0, 0.05) is 56.1 Å². The summed E-state index contributed by atoms with van der Waals surface area (Å²) in [6, 6.07) is 104. The van der Waals surface area contributed by atoms with Crippen molar-refractivity contribution in [2.75, 3.05) is 14.6 Å². The molecule has 78 heavy (non-hydrogen) atoms. The lowest BCUT2D eigenvalue weighted by atomic mass is 9.43. The van der Waals surface area contributed by atoms with Crippen LogP contribution in [0.4, 0.5) is 45.5 Å². The van der Waals surface area contributed by atoms with E-state index in [2.05, 4.69) is 301 Å². The molecule has 5 heteroatoms. The van der Waals surface area contributed by atoms with Crippen molar-refractivity contribution in [3.05, 3.63) is 291 Å². The monoisotopic (exact) mass is 995 g/mol. The molecule has 15 rings (SSSR count). The van der Waals surface area contributed by atoms with Crippen LogP contribution in [0.2, 0.25) is 0 Å². The topological polar surface area (TPSA) is 22.9 Å². The first kappa shape index (κ1) is 45.3. The van der Waals surface area contributed by atoms with Crippen LogP contribution in [0.25, 0.3) is 77.6 Å². The van der Waals surface area contributed by atoms with Crippen LogP contribution in [-0.2, 0) is 0 Å². The molecule has 0 aliphatic carbocycles. The summed E-state index contributed by atoms with van der Waals surface area (Å²) >= 11 is 0. The van der Waals surface area contributed by atoms with Crippen LogP contribution < -0.4 is 25.5 Å². The standard InChI is InChI=1S/C73H50BN3O/c1-49-19-14-16-30-66(49)76-69-46-56(52-24-10-4-11-25-52)37-43-65(69)74-72-64(45-57(47-70(72)76)53-26-12-5-13-27-53)63-48-60(42-44-67(63)77(74)59-40-35-55(36-41-59)51-22-8-3-9-23-51)75(58-38-33-54(34-39-58)50-20-6-2-7-21-50)68-31-18-29-62-61-28-15-17-32-71(61)78-73(62)68/h2-48H,1H3. The molecule has 2 aliphatic heterocycles. The highest BCUT2D eigenvalue weighted by molar-refractivity contribution is 6.93. The minimum atomic E-state index is -0.188. The lowest BCUT2D eigenvalue weighted by Crippen LogP contribution is -2.61. The minimum absolute atomic E-state index is 0.188. The zero-order valence-corrected chi connectivity index (χ0v) is 43.0.